The van der Waals surface area contributed by atoms with Crippen LogP contribution in [0.2, 0.25) is 10.0 Å². The van der Waals surface area contributed by atoms with Crippen LogP contribution in [0.1, 0.15) is 22.9 Å². The summed E-state index contributed by atoms with van der Waals surface area (Å²) in [5.74, 6) is 0. The lowest BCUT2D eigenvalue weighted by molar-refractivity contribution is 0.252. The average molecular weight is 431 g/mol. The Bertz CT molecular complexity index is 1020. The van der Waals surface area contributed by atoms with Gasteiger partial charge in [0.1, 0.15) is 0 Å². The second-order valence-corrected chi connectivity index (χ2v) is 8.10. The summed E-state index contributed by atoms with van der Waals surface area (Å²) < 4.78 is 0. The number of anilines is 2. The Labute approximate surface area is 176 Å². The van der Waals surface area contributed by atoms with Crippen LogP contribution >= 0.6 is 34.5 Å². The molecule has 3 N–H and O–H groups in total. The van der Waals surface area contributed by atoms with E-state index in [1.165, 1.54) is 4.88 Å². The lowest BCUT2D eigenvalue weighted by Crippen LogP contribution is -2.29. The van der Waals surface area contributed by atoms with Crippen molar-refractivity contribution in [2.75, 3.05) is 10.6 Å². The number of carbonyl (C=O) groups is 1. The summed E-state index contributed by atoms with van der Waals surface area (Å²) in [6.07, 6.45) is 0.667. The van der Waals surface area contributed by atoms with Gasteiger partial charge in [-0.1, -0.05) is 47.5 Å². The number of thiophene rings is 1. The Balaban J connectivity index is 1.53. The SMILES string of the molecule is O=C(NN=C1CC(c2cccs2)Nc2ccccc21)Nc1cc(Cl)cc(Cl)c1. The van der Waals surface area contributed by atoms with Crippen molar-refractivity contribution >= 4 is 57.7 Å². The summed E-state index contributed by atoms with van der Waals surface area (Å²) in [6, 6.07) is 16.5. The standard InChI is InChI=1S/C20H16Cl2N4OS/c21-12-8-13(22)10-14(9-12)23-20(27)26-25-17-11-18(19-6-3-7-28-19)24-16-5-2-1-4-15(16)17/h1-10,18,24H,11H2,(H2,23,26,27). The monoisotopic (exact) mass is 430 g/mol. The molecule has 1 aliphatic rings. The molecule has 0 spiro atoms. The van der Waals surface area contributed by atoms with Gasteiger partial charge >= 0.3 is 6.03 Å². The van der Waals surface area contributed by atoms with Crippen LogP contribution in [-0.4, -0.2) is 11.7 Å². The fourth-order valence-corrected chi connectivity index (χ4v) is 4.38. The van der Waals surface area contributed by atoms with E-state index in [1.54, 1.807) is 29.5 Å². The Kier molecular flexibility index (Phi) is 5.52. The lowest BCUT2D eigenvalue weighted by atomic mass is 9.95. The van der Waals surface area contributed by atoms with Crippen LogP contribution in [0.4, 0.5) is 16.2 Å². The van der Waals surface area contributed by atoms with Crippen molar-refractivity contribution in [1.29, 1.82) is 0 Å². The zero-order valence-electron chi connectivity index (χ0n) is 14.6. The van der Waals surface area contributed by atoms with Crippen LogP contribution in [0.5, 0.6) is 0 Å². The van der Waals surface area contributed by atoms with Gasteiger partial charge in [0.2, 0.25) is 0 Å². The van der Waals surface area contributed by atoms with Crippen molar-refractivity contribution in [2.45, 2.75) is 12.5 Å². The zero-order chi connectivity index (χ0) is 19.5. The number of rotatable bonds is 3. The molecule has 1 atom stereocenters. The van der Waals surface area contributed by atoms with Crippen molar-refractivity contribution in [3.8, 4) is 0 Å². The first-order valence-corrected chi connectivity index (χ1v) is 10.2. The molecular weight excluding hydrogens is 415 g/mol. The minimum absolute atomic E-state index is 0.116. The maximum Gasteiger partial charge on any atom is 0.339 e. The molecule has 8 heteroatoms. The first-order valence-electron chi connectivity index (χ1n) is 8.57. The fraction of sp³-hybridized carbons (Fsp3) is 0.100. The number of benzene rings is 2. The van der Waals surface area contributed by atoms with E-state index in [-0.39, 0.29) is 6.04 Å². The Morgan fingerprint density at radius 3 is 2.64 bits per heavy atom. The first-order chi connectivity index (χ1) is 13.6. The molecule has 1 aromatic heterocycles. The quantitative estimate of drug-likeness (QED) is 0.437. The molecule has 0 saturated carbocycles. The van der Waals surface area contributed by atoms with Crippen molar-refractivity contribution in [3.05, 3.63) is 80.5 Å². The maximum atomic E-state index is 12.3. The summed E-state index contributed by atoms with van der Waals surface area (Å²) in [4.78, 5) is 13.5. The fourth-order valence-electron chi connectivity index (χ4n) is 3.07. The molecule has 2 amide bonds. The van der Waals surface area contributed by atoms with Crippen molar-refractivity contribution in [1.82, 2.24) is 5.43 Å². The molecule has 0 radical (unpaired) electrons. The maximum absolute atomic E-state index is 12.3. The predicted octanol–water partition coefficient (Wildman–Crippen LogP) is 6.14. The molecule has 1 aliphatic heterocycles. The number of para-hydroxylation sites is 1. The van der Waals surface area contributed by atoms with Crippen molar-refractivity contribution in [2.24, 2.45) is 5.10 Å². The first kappa shape index (κ1) is 18.8. The summed E-state index contributed by atoms with van der Waals surface area (Å²) in [5, 5.41) is 13.5. The van der Waals surface area contributed by atoms with E-state index >= 15 is 0 Å². The second-order valence-electron chi connectivity index (χ2n) is 6.24. The highest BCUT2D eigenvalue weighted by Gasteiger charge is 2.24. The highest BCUT2D eigenvalue weighted by molar-refractivity contribution is 7.10. The molecule has 5 nitrogen and oxygen atoms in total. The van der Waals surface area contributed by atoms with E-state index in [4.69, 9.17) is 23.2 Å². The molecule has 3 aromatic rings. The van der Waals surface area contributed by atoms with Crippen LogP contribution in [0, 0.1) is 0 Å². The summed E-state index contributed by atoms with van der Waals surface area (Å²) in [6.45, 7) is 0. The topological polar surface area (TPSA) is 65.5 Å². The number of urea groups is 1. The number of hydrogen-bond acceptors (Lipinski definition) is 4. The average Bonchev–Trinajstić information content (AvgIpc) is 3.20. The van der Waals surface area contributed by atoms with Crippen LogP contribution in [0.25, 0.3) is 0 Å². The van der Waals surface area contributed by atoms with Gasteiger partial charge in [-0.15, -0.1) is 11.3 Å². The third-order valence-corrected chi connectivity index (χ3v) is 5.69. The molecule has 0 aliphatic carbocycles. The number of hydrazone groups is 1. The predicted molar refractivity (Wildman–Crippen MR) is 117 cm³/mol. The highest BCUT2D eigenvalue weighted by atomic mass is 35.5. The van der Waals surface area contributed by atoms with Crippen molar-refractivity contribution < 1.29 is 4.79 Å². The van der Waals surface area contributed by atoms with Crippen molar-refractivity contribution in [3.63, 3.8) is 0 Å². The number of halogens is 2. The van der Waals surface area contributed by atoms with E-state index in [2.05, 4.69) is 32.6 Å². The van der Waals surface area contributed by atoms with Gasteiger partial charge < -0.3 is 10.6 Å². The molecule has 0 bridgehead atoms. The third kappa shape index (κ3) is 4.30. The molecule has 0 fully saturated rings. The minimum atomic E-state index is -0.463. The number of nitrogens with zero attached hydrogens (tertiary/aromatic N) is 1. The number of fused-ring (bicyclic) bond motifs is 1. The van der Waals surface area contributed by atoms with Gasteiger partial charge in [-0.2, -0.15) is 5.10 Å². The molecule has 2 heterocycles. The number of carbonyl (C=O) groups excluding carboxylic acids is 1. The Morgan fingerprint density at radius 2 is 1.89 bits per heavy atom. The lowest BCUT2D eigenvalue weighted by Gasteiger charge is -2.27. The summed E-state index contributed by atoms with van der Waals surface area (Å²) >= 11 is 13.6. The molecular formula is C20H16Cl2N4OS. The van der Waals surface area contributed by atoms with Gasteiger partial charge in [0.25, 0.3) is 0 Å². The van der Waals surface area contributed by atoms with Gasteiger partial charge in [0.15, 0.2) is 0 Å². The van der Waals surface area contributed by atoms with Gasteiger partial charge in [0, 0.05) is 38.3 Å². The third-order valence-electron chi connectivity index (χ3n) is 4.26. The normalized spacial score (nSPS) is 16.9. The number of hydrogen-bond donors (Lipinski definition) is 3. The Morgan fingerprint density at radius 1 is 1.11 bits per heavy atom. The molecule has 4 rings (SSSR count). The van der Waals surface area contributed by atoms with Gasteiger partial charge in [0.05, 0.1) is 11.8 Å². The van der Waals surface area contributed by atoms with E-state index < -0.39 is 6.03 Å². The Hall–Kier alpha value is -2.54. The van der Waals surface area contributed by atoms with Gasteiger partial charge in [-0.25, -0.2) is 10.2 Å². The van der Waals surface area contributed by atoms with Gasteiger partial charge in [-0.3, -0.25) is 0 Å². The molecule has 2 aromatic carbocycles. The largest absolute Gasteiger partial charge is 0.376 e. The second kappa shape index (κ2) is 8.22. The summed E-state index contributed by atoms with van der Waals surface area (Å²) in [5.41, 5.74) is 5.85. The van der Waals surface area contributed by atoms with E-state index in [0.717, 1.165) is 17.0 Å². The minimum Gasteiger partial charge on any atom is -0.376 e. The number of nitrogens with one attached hydrogen (secondary N) is 3. The molecule has 142 valence electrons. The molecule has 1 unspecified atom stereocenters. The molecule has 28 heavy (non-hydrogen) atoms. The van der Waals surface area contributed by atoms with E-state index in [0.29, 0.717) is 22.2 Å². The smallest absolute Gasteiger partial charge is 0.339 e. The van der Waals surface area contributed by atoms with Gasteiger partial charge in [-0.05, 0) is 35.7 Å². The van der Waals surface area contributed by atoms with Crippen LogP contribution in [0.15, 0.2) is 65.1 Å². The summed E-state index contributed by atoms with van der Waals surface area (Å²) in [7, 11) is 0. The number of amides is 2. The van der Waals surface area contributed by atoms with Crippen LogP contribution < -0.4 is 16.1 Å². The van der Waals surface area contributed by atoms with E-state index in [9.17, 15) is 4.79 Å². The van der Waals surface area contributed by atoms with E-state index in [1.807, 2.05) is 30.3 Å². The highest BCUT2D eigenvalue weighted by Crippen LogP contribution is 2.34. The molecule has 0 saturated heterocycles. The van der Waals surface area contributed by atoms with Crippen LogP contribution in [0.3, 0.4) is 0 Å². The van der Waals surface area contributed by atoms with Crippen LogP contribution in [-0.2, 0) is 0 Å². The zero-order valence-corrected chi connectivity index (χ0v) is 16.9.